The van der Waals surface area contributed by atoms with Crippen molar-refractivity contribution in [2.45, 2.75) is 70.3 Å². The first-order valence-electron chi connectivity index (χ1n) is 12.6. The van der Waals surface area contributed by atoms with Gasteiger partial charge in [0.1, 0.15) is 18.1 Å². The quantitative estimate of drug-likeness (QED) is 0.170. The Labute approximate surface area is 226 Å². The van der Waals surface area contributed by atoms with Gasteiger partial charge < -0.3 is 36.9 Å². The van der Waals surface area contributed by atoms with E-state index in [1.54, 1.807) is 6.20 Å². The molecule has 12 heteroatoms. The summed E-state index contributed by atoms with van der Waals surface area (Å²) in [5, 5.41) is 28.2. The van der Waals surface area contributed by atoms with Gasteiger partial charge in [0.15, 0.2) is 0 Å². The van der Waals surface area contributed by atoms with Gasteiger partial charge in [-0.25, -0.2) is 4.79 Å². The molecule has 0 fully saturated rings. The number of hydrogen-bond donors (Lipinski definition) is 7. The Bertz CT molecular complexity index is 1100. The van der Waals surface area contributed by atoms with E-state index in [0.717, 1.165) is 16.5 Å². The number of carbonyl (C=O) groups excluding carboxylic acids is 3. The highest BCUT2D eigenvalue weighted by molar-refractivity contribution is 7.98. The lowest BCUT2D eigenvalue weighted by Crippen LogP contribution is -2.60. The van der Waals surface area contributed by atoms with Gasteiger partial charge in [0, 0.05) is 17.1 Å². The number of aromatic nitrogens is 1. The van der Waals surface area contributed by atoms with Crippen LogP contribution >= 0.6 is 11.8 Å². The molecule has 0 saturated heterocycles. The Hall–Kier alpha value is -3.09. The minimum atomic E-state index is -1.37. The zero-order valence-corrected chi connectivity index (χ0v) is 23.0. The average molecular weight is 550 g/mol. The highest BCUT2D eigenvalue weighted by Crippen LogP contribution is 2.19. The van der Waals surface area contributed by atoms with Crippen LogP contribution in [0.15, 0.2) is 30.5 Å². The lowest BCUT2D eigenvalue weighted by atomic mass is 10.0. The molecule has 0 aliphatic carbocycles. The van der Waals surface area contributed by atoms with Gasteiger partial charge in [0.05, 0.1) is 12.1 Å². The summed E-state index contributed by atoms with van der Waals surface area (Å²) < 4.78 is 0. The van der Waals surface area contributed by atoms with Crippen molar-refractivity contribution in [3.8, 4) is 0 Å². The van der Waals surface area contributed by atoms with E-state index >= 15 is 0 Å². The Balaban J connectivity index is 2.09. The third kappa shape index (κ3) is 9.03. The van der Waals surface area contributed by atoms with E-state index in [-0.39, 0.29) is 25.2 Å². The topological polar surface area (TPSA) is 187 Å². The molecule has 5 unspecified atom stereocenters. The van der Waals surface area contributed by atoms with Crippen molar-refractivity contribution in [2.75, 3.05) is 12.0 Å². The molecule has 0 radical (unpaired) electrons. The molecule has 210 valence electrons. The lowest BCUT2D eigenvalue weighted by molar-refractivity contribution is -0.143. The molecule has 1 heterocycles. The normalized spacial score (nSPS) is 15.3. The van der Waals surface area contributed by atoms with Crippen molar-refractivity contribution < 1.29 is 29.4 Å². The van der Waals surface area contributed by atoms with E-state index in [1.807, 2.05) is 44.4 Å². The fourth-order valence-electron chi connectivity index (χ4n) is 4.03. The van der Waals surface area contributed by atoms with Gasteiger partial charge in [-0.2, -0.15) is 11.8 Å². The zero-order chi connectivity index (χ0) is 28.4. The fourth-order valence-corrected chi connectivity index (χ4v) is 4.50. The summed E-state index contributed by atoms with van der Waals surface area (Å²) in [4.78, 5) is 53.6. The number of aliphatic carboxylic acids is 1. The molecule has 1 aromatic carbocycles. The summed E-state index contributed by atoms with van der Waals surface area (Å²) in [6, 6.07) is 3.06. The number of para-hydroxylation sites is 1. The van der Waals surface area contributed by atoms with E-state index in [0.29, 0.717) is 5.75 Å². The number of carboxylic acids is 1. The summed E-state index contributed by atoms with van der Waals surface area (Å²) >= 11 is 1.46. The molecule has 5 atom stereocenters. The van der Waals surface area contributed by atoms with Gasteiger partial charge in [-0.05, 0) is 55.7 Å². The first-order valence-corrected chi connectivity index (χ1v) is 13.9. The lowest BCUT2D eigenvalue weighted by Gasteiger charge is -2.26. The third-order valence-corrected chi connectivity index (χ3v) is 6.72. The van der Waals surface area contributed by atoms with Crippen LogP contribution in [0.25, 0.3) is 10.9 Å². The van der Waals surface area contributed by atoms with Crippen LogP contribution in [0.2, 0.25) is 0 Å². The van der Waals surface area contributed by atoms with Crippen LogP contribution in [0.3, 0.4) is 0 Å². The van der Waals surface area contributed by atoms with Crippen molar-refractivity contribution in [3.63, 3.8) is 0 Å². The van der Waals surface area contributed by atoms with Gasteiger partial charge in [-0.15, -0.1) is 0 Å². The molecular formula is C26H39N5O6S. The Kier molecular flexibility index (Phi) is 12.1. The highest BCUT2D eigenvalue weighted by Gasteiger charge is 2.32. The summed E-state index contributed by atoms with van der Waals surface area (Å²) in [6.07, 6.45) is 2.99. The fraction of sp³-hybridized carbons (Fsp3) is 0.538. The molecule has 0 bridgehead atoms. The Morgan fingerprint density at radius 2 is 1.66 bits per heavy atom. The maximum Gasteiger partial charge on any atom is 0.326 e. The van der Waals surface area contributed by atoms with Crippen LogP contribution in [-0.4, -0.2) is 81.2 Å². The Morgan fingerprint density at radius 3 is 2.26 bits per heavy atom. The molecule has 8 N–H and O–H groups in total. The summed E-state index contributed by atoms with van der Waals surface area (Å²) in [7, 11) is 0. The number of H-pyrrole nitrogens is 1. The number of thioether (sulfide) groups is 1. The number of carboxylic acid groups (broad SMARTS) is 1. The molecule has 0 spiro atoms. The number of carbonyl (C=O) groups is 4. The molecule has 11 nitrogen and oxygen atoms in total. The predicted octanol–water partition coefficient (Wildman–Crippen LogP) is 0.757. The highest BCUT2D eigenvalue weighted by atomic mass is 32.2. The molecule has 0 aliphatic rings. The average Bonchev–Trinajstić information content (AvgIpc) is 3.26. The van der Waals surface area contributed by atoms with E-state index in [2.05, 4.69) is 20.9 Å². The smallest absolute Gasteiger partial charge is 0.326 e. The van der Waals surface area contributed by atoms with Crippen LogP contribution in [-0.2, 0) is 25.6 Å². The maximum absolute atomic E-state index is 13.1. The standard InChI is InChI=1S/C26H39N5O6S/c1-14(2)11-21(26(36)37)30-24(34)20(9-10-38-4)29-25(35)22(15(3)32)31-23(33)18(27)12-16-13-28-19-8-6-5-7-17(16)19/h5-8,13-15,18,20-22,28,32H,9-12,27H2,1-4H3,(H,29,35)(H,30,34)(H,31,33)(H,36,37). The second kappa shape index (κ2) is 14.7. The number of amides is 3. The number of aromatic amines is 1. The van der Waals surface area contributed by atoms with Crippen LogP contribution in [0.1, 0.15) is 39.2 Å². The van der Waals surface area contributed by atoms with Crippen LogP contribution < -0.4 is 21.7 Å². The van der Waals surface area contributed by atoms with Gasteiger partial charge >= 0.3 is 5.97 Å². The van der Waals surface area contributed by atoms with Crippen LogP contribution in [0, 0.1) is 5.92 Å². The minimum Gasteiger partial charge on any atom is -0.480 e. The van der Waals surface area contributed by atoms with Crippen molar-refractivity contribution in [1.29, 1.82) is 0 Å². The van der Waals surface area contributed by atoms with Crippen molar-refractivity contribution >= 4 is 46.4 Å². The summed E-state index contributed by atoms with van der Waals surface area (Å²) in [5.41, 5.74) is 7.87. The van der Waals surface area contributed by atoms with Crippen molar-refractivity contribution in [2.24, 2.45) is 11.7 Å². The molecule has 2 rings (SSSR count). The molecule has 2 aromatic rings. The van der Waals surface area contributed by atoms with E-state index in [9.17, 15) is 29.4 Å². The second-order valence-corrected chi connectivity index (χ2v) is 10.8. The van der Waals surface area contributed by atoms with Crippen LogP contribution in [0.4, 0.5) is 0 Å². The second-order valence-electron chi connectivity index (χ2n) is 9.77. The molecule has 0 saturated carbocycles. The molecule has 3 amide bonds. The minimum absolute atomic E-state index is 0.0268. The van der Waals surface area contributed by atoms with E-state index in [4.69, 9.17) is 5.73 Å². The van der Waals surface area contributed by atoms with Gasteiger partial charge in [-0.1, -0.05) is 32.0 Å². The third-order valence-electron chi connectivity index (χ3n) is 6.08. The van der Waals surface area contributed by atoms with Crippen molar-refractivity contribution in [3.05, 3.63) is 36.0 Å². The maximum atomic E-state index is 13.1. The number of benzene rings is 1. The first-order chi connectivity index (χ1) is 17.9. The molecule has 1 aromatic heterocycles. The monoisotopic (exact) mass is 549 g/mol. The zero-order valence-electron chi connectivity index (χ0n) is 22.2. The number of nitrogens with one attached hydrogen (secondary N) is 4. The SMILES string of the molecule is CSCCC(NC(=O)C(NC(=O)C(N)Cc1c[nH]c2ccccc12)C(C)O)C(=O)NC(CC(C)C)C(=O)O. The predicted molar refractivity (Wildman–Crippen MR) is 148 cm³/mol. The van der Waals surface area contributed by atoms with E-state index < -0.39 is 54.0 Å². The molecule has 0 aliphatic heterocycles. The molecular weight excluding hydrogens is 510 g/mol. The van der Waals surface area contributed by atoms with Gasteiger partial charge in [0.25, 0.3) is 0 Å². The number of aliphatic hydroxyl groups is 1. The molecule has 38 heavy (non-hydrogen) atoms. The number of rotatable bonds is 15. The van der Waals surface area contributed by atoms with Gasteiger partial charge in [0.2, 0.25) is 17.7 Å². The summed E-state index contributed by atoms with van der Waals surface area (Å²) in [6.45, 7) is 5.03. The number of fused-ring (bicyclic) bond motifs is 1. The number of aliphatic hydroxyl groups excluding tert-OH is 1. The van der Waals surface area contributed by atoms with Crippen LogP contribution in [0.5, 0.6) is 0 Å². The number of nitrogens with two attached hydrogens (primary N) is 1. The van der Waals surface area contributed by atoms with Crippen molar-refractivity contribution in [1.82, 2.24) is 20.9 Å². The van der Waals surface area contributed by atoms with Gasteiger partial charge in [-0.3, -0.25) is 14.4 Å². The largest absolute Gasteiger partial charge is 0.480 e. The first kappa shape index (κ1) is 31.1. The van der Waals surface area contributed by atoms with E-state index in [1.165, 1.54) is 18.7 Å². The number of hydrogen-bond acceptors (Lipinski definition) is 7. The summed E-state index contributed by atoms with van der Waals surface area (Å²) in [5.74, 6) is -2.68. The Morgan fingerprint density at radius 1 is 1.00 bits per heavy atom.